The molecule has 7 heteroatoms. The Kier molecular flexibility index (Phi) is 9.97. The number of unbranched alkanes of at least 4 members (excludes halogenated alkanes) is 1. The highest BCUT2D eigenvalue weighted by molar-refractivity contribution is 5.96. The summed E-state index contributed by atoms with van der Waals surface area (Å²) in [5.74, 6) is -0.0238. The summed E-state index contributed by atoms with van der Waals surface area (Å²) < 4.78 is 11.0. The Morgan fingerprint density at radius 2 is 1.68 bits per heavy atom. The molecule has 176 valence electrons. The molecule has 0 radical (unpaired) electrons. The summed E-state index contributed by atoms with van der Waals surface area (Å²) in [5, 5.41) is 22.3. The topological polar surface area (TPSA) is 105 Å². The maximum Gasteiger partial charge on any atom is 0.311 e. The second-order valence-electron chi connectivity index (χ2n) is 9.38. The number of nitrogens with one attached hydrogen (secondary N) is 1. The minimum Gasteiger partial charge on any atom is -0.494 e. The third-order valence-corrected chi connectivity index (χ3v) is 5.44. The van der Waals surface area contributed by atoms with Crippen LogP contribution < -0.4 is 10.1 Å². The van der Waals surface area contributed by atoms with Crippen molar-refractivity contribution in [2.75, 3.05) is 25.1 Å². The van der Waals surface area contributed by atoms with Crippen LogP contribution in [0.5, 0.6) is 5.75 Å². The van der Waals surface area contributed by atoms with E-state index >= 15 is 0 Å². The van der Waals surface area contributed by atoms with E-state index in [9.17, 15) is 19.8 Å². The SMILES string of the molecule is CCOC(=O)C(C)(C)CCCCOc1cc(C)c(NC(=O)C(O)C(C)(C)CO)c(C)c1. The van der Waals surface area contributed by atoms with Crippen molar-refractivity contribution >= 4 is 17.6 Å². The van der Waals surface area contributed by atoms with Crippen molar-refractivity contribution in [2.24, 2.45) is 10.8 Å². The molecule has 0 aromatic heterocycles. The molecule has 0 heterocycles. The van der Waals surface area contributed by atoms with Crippen LogP contribution >= 0.6 is 0 Å². The molecule has 1 unspecified atom stereocenters. The first-order valence-corrected chi connectivity index (χ1v) is 10.9. The monoisotopic (exact) mass is 437 g/mol. The molecule has 0 aliphatic carbocycles. The lowest BCUT2D eigenvalue weighted by Crippen LogP contribution is -2.42. The molecule has 7 nitrogen and oxygen atoms in total. The maximum absolute atomic E-state index is 12.4. The van der Waals surface area contributed by atoms with Gasteiger partial charge in [-0.25, -0.2) is 0 Å². The molecule has 3 N–H and O–H groups in total. The largest absolute Gasteiger partial charge is 0.494 e. The third kappa shape index (κ3) is 7.82. The van der Waals surface area contributed by atoms with Gasteiger partial charge in [0.1, 0.15) is 11.9 Å². The highest BCUT2D eigenvalue weighted by Crippen LogP contribution is 2.29. The van der Waals surface area contributed by atoms with Gasteiger partial charge in [0.05, 0.1) is 25.2 Å². The first-order valence-electron chi connectivity index (χ1n) is 10.9. The van der Waals surface area contributed by atoms with Gasteiger partial charge in [-0.2, -0.15) is 0 Å². The van der Waals surface area contributed by atoms with Gasteiger partial charge in [-0.1, -0.05) is 13.8 Å². The minimum atomic E-state index is -1.33. The molecule has 1 amide bonds. The van der Waals surface area contributed by atoms with E-state index in [2.05, 4.69) is 5.32 Å². The summed E-state index contributed by atoms with van der Waals surface area (Å²) in [6, 6.07) is 3.68. The van der Waals surface area contributed by atoms with Crippen molar-refractivity contribution in [1.82, 2.24) is 0 Å². The number of hydrogen-bond acceptors (Lipinski definition) is 6. The average molecular weight is 438 g/mol. The van der Waals surface area contributed by atoms with Crippen molar-refractivity contribution in [3.05, 3.63) is 23.3 Å². The number of anilines is 1. The van der Waals surface area contributed by atoms with E-state index in [4.69, 9.17) is 9.47 Å². The van der Waals surface area contributed by atoms with E-state index in [0.717, 1.165) is 30.4 Å². The number of rotatable bonds is 12. The van der Waals surface area contributed by atoms with Crippen LogP contribution in [0.1, 0.15) is 65.0 Å². The van der Waals surface area contributed by atoms with Crippen molar-refractivity contribution in [3.8, 4) is 5.75 Å². The lowest BCUT2D eigenvalue weighted by atomic mass is 9.87. The molecule has 0 aliphatic rings. The fourth-order valence-corrected chi connectivity index (χ4v) is 3.12. The zero-order chi connectivity index (χ0) is 23.8. The first-order chi connectivity index (χ1) is 14.4. The van der Waals surface area contributed by atoms with E-state index in [0.29, 0.717) is 24.7 Å². The van der Waals surface area contributed by atoms with Crippen LogP contribution in [-0.4, -0.2) is 48.0 Å². The standard InChI is InChI=1S/C24H39NO6/c1-8-30-22(29)23(4,5)11-9-10-12-31-18-13-16(2)19(17(3)14-18)25-21(28)20(27)24(6,7)15-26/h13-14,20,26-27H,8-12,15H2,1-7H3,(H,25,28). The second kappa shape index (κ2) is 11.5. The fourth-order valence-electron chi connectivity index (χ4n) is 3.12. The maximum atomic E-state index is 12.4. The van der Waals surface area contributed by atoms with Gasteiger partial charge in [0.2, 0.25) is 0 Å². The number of benzene rings is 1. The van der Waals surface area contributed by atoms with Crippen LogP contribution in [0.3, 0.4) is 0 Å². The van der Waals surface area contributed by atoms with Crippen molar-refractivity contribution in [3.63, 3.8) is 0 Å². The Labute approximate surface area is 186 Å². The van der Waals surface area contributed by atoms with Gasteiger partial charge in [0, 0.05) is 11.1 Å². The summed E-state index contributed by atoms with van der Waals surface area (Å²) in [6.45, 7) is 13.2. The predicted molar refractivity (Wildman–Crippen MR) is 121 cm³/mol. The Balaban J connectivity index is 2.62. The number of aryl methyl sites for hydroxylation is 2. The minimum absolute atomic E-state index is 0.174. The molecular weight excluding hydrogens is 398 g/mol. The second-order valence-corrected chi connectivity index (χ2v) is 9.38. The molecule has 1 atom stereocenters. The Morgan fingerprint density at radius 3 is 2.19 bits per heavy atom. The summed E-state index contributed by atoms with van der Waals surface area (Å²) in [4.78, 5) is 24.3. The van der Waals surface area contributed by atoms with Crippen LogP contribution in [-0.2, 0) is 14.3 Å². The van der Waals surface area contributed by atoms with E-state index in [1.165, 1.54) is 0 Å². The molecule has 0 aliphatic heterocycles. The summed E-state index contributed by atoms with van der Waals surface area (Å²) >= 11 is 0. The Bertz CT molecular complexity index is 733. The van der Waals surface area contributed by atoms with Gasteiger partial charge in [0.25, 0.3) is 5.91 Å². The van der Waals surface area contributed by atoms with Gasteiger partial charge in [0.15, 0.2) is 0 Å². The number of esters is 1. The molecule has 1 rings (SSSR count). The number of carbonyl (C=O) groups excluding carboxylic acids is 2. The molecule has 31 heavy (non-hydrogen) atoms. The van der Waals surface area contributed by atoms with Crippen LogP contribution in [0.25, 0.3) is 0 Å². The Hall–Kier alpha value is -2.12. The normalized spacial score (nSPS) is 12.9. The zero-order valence-electron chi connectivity index (χ0n) is 20.0. The number of carbonyl (C=O) groups is 2. The van der Waals surface area contributed by atoms with E-state index in [-0.39, 0.29) is 12.6 Å². The predicted octanol–water partition coefficient (Wildman–Crippen LogP) is 3.76. The van der Waals surface area contributed by atoms with Crippen molar-refractivity contribution < 1.29 is 29.3 Å². The van der Waals surface area contributed by atoms with Crippen LogP contribution in [0.2, 0.25) is 0 Å². The third-order valence-electron chi connectivity index (χ3n) is 5.44. The van der Waals surface area contributed by atoms with Crippen LogP contribution in [0.4, 0.5) is 5.69 Å². The summed E-state index contributed by atoms with van der Waals surface area (Å²) in [6.07, 6.45) is 1.05. The van der Waals surface area contributed by atoms with E-state index < -0.39 is 22.8 Å². The first kappa shape index (κ1) is 26.9. The molecule has 1 aromatic carbocycles. The summed E-state index contributed by atoms with van der Waals surface area (Å²) in [7, 11) is 0. The number of aliphatic hydroxyl groups is 2. The van der Waals surface area contributed by atoms with Gasteiger partial charge in [-0.15, -0.1) is 0 Å². The highest BCUT2D eigenvalue weighted by atomic mass is 16.5. The van der Waals surface area contributed by atoms with E-state index in [1.807, 2.05) is 39.8 Å². The number of amides is 1. The smallest absolute Gasteiger partial charge is 0.311 e. The van der Waals surface area contributed by atoms with Crippen molar-refractivity contribution in [2.45, 2.75) is 73.8 Å². The molecule has 0 bridgehead atoms. The van der Waals surface area contributed by atoms with Crippen LogP contribution in [0, 0.1) is 24.7 Å². The molecular formula is C24H39NO6. The van der Waals surface area contributed by atoms with Crippen LogP contribution in [0.15, 0.2) is 12.1 Å². The quantitative estimate of drug-likeness (QED) is 0.340. The lowest BCUT2D eigenvalue weighted by molar-refractivity contribution is -0.153. The highest BCUT2D eigenvalue weighted by Gasteiger charge is 2.33. The zero-order valence-corrected chi connectivity index (χ0v) is 20.0. The van der Waals surface area contributed by atoms with Gasteiger partial charge in [-0.3, -0.25) is 9.59 Å². The van der Waals surface area contributed by atoms with Crippen molar-refractivity contribution in [1.29, 1.82) is 0 Å². The molecule has 0 saturated heterocycles. The fraction of sp³-hybridized carbons (Fsp3) is 0.667. The molecule has 0 fully saturated rings. The molecule has 0 spiro atoms. The molecule has 1 aromatic rings. The van der Waals surface area contributed by atoms with Gasteiger partial charge < -0.3 is 25.0 Å². The number of aliphatic hydroxyl groups excluding tert-OH is 2. The average Bonchev–Trinajstić information content (AvgIpc) is 2.69. The lowest BCUT2D eigenvalue weighted by Gasteiger charge is -2.27. The Morgan fingerprint density at radius 1 is 1.10 bits per heavy atom. The number of ether oxygens (including phenoxy) is 2. The summed E-state index contributed by atoms with van der Waals surface area (Å²) in [5.41, 5.74) is 0.831. The van der Waals surface area contributed by atoms with Gasteiger partial charge >= 0.3 is 5.97 Å². The number of hydrogen-bond donors (Lipinski definition) is 3. The molecule has 0 saturated carbocycles. The van der Waals surface area contributed by atoms with E-state index in [1.54, 1.807) is 20.8 Å². The van der Waals surface area contributed by atoms with Gasteiger partial charge in [-0.05, 0) is 77.1 Å².